The molecule has 0 saturated carbocycles. The van der Waals surface area contributed by atoms with Crippen molar-refractivity contribution < 1.29 is 13.2 Å². The van der Waals surface area contributed by atoms with Gasteiger partial charge in [-0.05, 0) is 24.3 Å². The van der Waals surface area contributed by atoms with E-state index >= 15 is 0 Å². The van der Waals surface area contributed by atoms with Gasteiger partial charge in [0.15, 0.2) is 0 Å². The van der Waals surface area contributed by atoms with Gasteiger partial charge in [0.05, 0.1) is 10.5 Å². The first kappa shape index (κ1) is 18.9. The van der Waals surface area contributed by atoms with Crippen LogP contribution in [-0.2, 0) is 10.0 Å². The Morgan fingerprint density at radius 3 is 2.32 bits per heavy atom. The highest BCUT2D eigenvalue weighted by Gasteiger charge is 2.31. The molecule has 1 fully saturated rings. The molecule has 2 aromatic carbocycles. The monoisotopic (exact) mass is 415 g/mol. The van der Waals surface area contributed by atoms with E-state index in [4.69, 9.17) is 11.6 Å². The third-order valence-electron chi connectivity index (χ3n) is 4.80. The molecule has 1 amide bonds. The number of carbonyl (C=O) groups is 1. The van der Waals surface area contributed by atoms with E-state index in [9.17, 15) is 13.2 Å². The molecule has 0 atom stereocenters. The van der Waals surface area contributed by atoms with E-state index in [1.807, 2.05) is 30.3 Å². The van der Waals surface area contributed by atoms with Gasteiger partial charge in [-0.2, -0.15) is 4.31 Å². The van der Waals surface area contributed by atoms with Crippen molar-refractivity contribution in [2.24, 2.45) is 0 Å². The number of benzene rings is 2. The number of sulfonamides is 1. The molecule has 1 aliphatic rings. The largest absolute Gasteiger partial charge is 0.335 e. The van der Waals surface area contributed by atoms with E-state index in [0.717, 1.165) is 10.9 Å². The normalized spacial score (nSPS) is 15.7. The molecule has 0 unspecified atom stereocenters. The number of hydrogen-bond donors (Lipinski definition) is 0. The molecular formula is C20H18ClN3O3S. The van der Waals surface area contributed by atoms with Gasteiger partial charge in [0, 0.05) is 31.6 Å². The molecule has 28 heavy (non-hydrogen) atoms. The van der Waals surface area contributed by atoms with Gasteiger partial charge in [-0.3, -0.25) is 4.79 Å². The van der Waals surface area contributed by atoms with Crippen LogP contribution >= 0.6 is 11.6 Å². The second-order valence-corrected chi connectivity index (χ2v) is 8.83. The van der Waals surface area contributed by atoms with Crippen LogP contribution in [0.3, 0.4) is 0 Å². The Balaban J connectivity index is 1.49. The highest BCUT2D eigenvalue weighted by molar-refractivity contribution is 7.89. The Morgan fingerprint density at radius 2 is 1.57 bits per heavy atom. The van der Waals surface area contributed by atoms with Gasteiger partial charge >= 0.3 is 0 Å². The summed E-state index contributed by atoms with van der Waals surface area (Å²) in [4.78, 5) is 19.0. The molecule has 1 saturated heterocycles. The first-order valence-electron chi connectivity index (χ1n) is 8.86. The first-order valence-corrected chi connectivity index (χ1v) is 10.7. The lowest BCUT2D eigenvalue weighted by Crippen LogP contribution is -2.50. The number of nitrogens with zero attached hydrogens (tertiary/aromatic N) is 3. The lowest BCUT2D eigenvalue weighted by atomic mass is 10.2. The van der Waals surface area contributed by atoms with Crippen LogP contribution in [0.25, 0.3) is 10.9 Å². The third kappa shape index (κ3) is 3.48. The van der Waals surface area contributed by atoms with Crippen LogP contribution in [0.1, 0.15) is 10.5 Å². The second kappa shape index (κ2) is 7.50. The van der Waals surface area contributed by atoms with E-state index < -0.39 is 10.0 Å². The van der Waals surface area contributed by atoms with Gasteiger partial charge < -0.3 is 4.90 Å². The minimum Gasteiger partial charge on any atom is -0.335 e. The summed E-state index contributed by atoms with van der Waals surface area (Å²) < 4.78 is 27.0. The maximum absolute atomic E-state index is 12.8. The van der Waals surface area contributed by atoms with Crippen molar-refractivity contribution in [3.63, 3.8) is 0 Å². The lowest BCUT2D eigenvalue weighted by molar-refractivity contribution is 0.0692. The number of piperazine rings is 1. The van der Waals surface area contributed by atoms with Crippen molar-refractivity contribution in [3.8, 4) is 0 Å². The Morgan fingerprint density at radius 1 is 0.893 bits per heavy atom. The zero-order valence-corrected chi connectivity index (χ0v) is 16.5. The van der Waals surface area contributed by atoms with E-state index in [-0.39, 0.29) is 28.9 Å². The summed E-state index contributed by atoms with van der Waals surface area (Å²) in [5, 5.41) is 1.16. The molecular weight excluding hydrogens is 398 g/mol. The number of halogens is 1. The minimum atomic E-state index is -3.69. The van der Waals surface area contributed by atoms with Gasteiger partial charge in [-0.1, -0.05) is 48.0 Å². The molecule has 8 heteroatoms. The number of hydrogen-bond acceptors (Lipinski definition) is 4. The molecule has 0 radical (unpaired) electrons. The zero-order valence-electron chi connectivity index (χ0n) is 15.0. The lowest BCUT2D eigenvalue weighted by Gasteiger charge is -2.34. The fourth-order valence-corrected chi connectivity index (χ4v) is 5.19. The molecule has 0 spiro atoms. The average molecular weight is 416 g/mol. The van der Waals surface area contributed by atoms with Crippen LogP contribution in [-0.4, -0.2) is 54.7 Å². The van der Waals surface area contributed by atoms with Crippen LogP contribution in [0.15, 0.2) is 65.6 Å². The van der Waals surface area contributed by atoms with E-state index in [2.05, 4.69) is 4.98 Å². The number of rotatable bonds is 3. The first-order chi connectivity index (χ1) is 13.5. The molecule has 144 valence electrons. The van der Waals surface area contributed by atoms with Gasteiger partial charge in [0.2, 0.25) is 10.0 Å². The van der Waals surface area contributed by atoms with Crippen molar-refractivity contribution in [2.75, 3.05) is 26.2 Å². The summed E-state index contributed by atoms with van der Waals surface area (Å²) in [6, 6.07) is 17.6. The Kier molecular flexibility index (Phi) is 5.05. The predicted molar refractivity (Wildman–Crippen MR) is 108 cm³/mol. The molecule has 3 aromatic rings. The van der Waals surface area contributed by atoms with Crippen molar-refractivity contribution in [2.45, 2.75) is 4.90 Å². The highest BCUT2D eigenvalue weighted by Crippen LogP contribution is 2.25. The van der Waals surface area contributed by atoms with E-state index in [1.165, 1.54) is 10.4 Å². The SMILES string of the molecule is O=C(c1ccc2ccccc2n1)N1CCN(S(=O)(=O)c2ccccc2Cl)CC1. The molecule has 1 aliphatic heterocycles. The van der Waals surface area contributed by atoms with Gasteiger partial charge in [-0.15, -0.1) is 0 Å². The standard InChI is InChI=1S/C20H18ClN3O3S/c21-16-6-2-4-8-19(16)28(26,27)24-13-11-23(12-14-24)20(25)18-10-9-15-5-1-3-7-17(15)22-18/h1-10H,11-14H2. The summed E-state index contributed by atoms with van der Waals surface area (Å²) >= 11 is 6.06. The molecule has 0 aliphatic carbocycles. The summed E-state index contributed by atoms with van der Waals surface area (Å²) in [6.45, 7) is 1.04. The smallest absolute Gasteiger partial charge is 0.272 e. The Hall–Kier alpha value is -2.48. The quantitative estimate of drug-likeness (QED) is 0.659. The van der Waals surface area contributed by atoms with Crippen LogP contribution < -0.4 is 0 Å². The van der Waals surface area contributed by atoms with Crippen molar-refractivity contribution >= 4 is 38.4 Å². The highest BCUT2D eigenvalue weighted by atomic mass is 35.5. The Labute approximate surface area is 168 Å². The summed E-state index contributed by atoms with van der Waals surface area (Å²) in [5.74, 6) is -0.194. The van der Waals surface area contributed by atoms with Gasteiger partial charge in [0.25, 0.3) is 5.91 Å². The fourth-order valence-electron chi connectivity index (χ4n) is 3.27. The summed E-state index contributed by atoms with van der Waals surface area (Å²) in [6.07, 6.45) is 0. The fraction of sp³-hybridized carbons (Fsp3) is 0.200. The van der Waals surface area contributed by atoms with Crippen molar-refractivity contribution in [3.05, 3.63) is 71.4 Å². The number of para-hydroxylation sites is 1. The zero-order chi connectivity index (χ0) is 19.7. The predicted octanol–water partition coefficient (Wildman–Crippen LogP) is 3.03. The van der Waals surface area contributed by atoms with Crippen molar-refractivity contribution in [1.82, 2.24) is 14.2 Å². The second-order valence-electron chi connectivity index (χ2n) is 6.52. The van der Waals surface area contributed by atoms with Gasteiger partial charge in [-0.25, -0.2) is 13.4 Å². The topological polar surface area (TPSA) is 70.6 Å². The molecule has 0 N–H and O–H groups in total. The number of fused-ring (bicyclic) bond motifs is 1. The summed E-state index contributed by atoms with van der Waals surface area (Å²) in [5.41, 5.74) is 1.12. The van der Waals surface area contributed by atoms with E-state index in [0.29, 0.717) is 18.8 Å². The minimum absolute atomic E-state index is 0.0904. The van der Waals surface area contributed by atoms with Crippen LogP contribution in [0, 0.1) is 0 Å². The Bertz CT molecular complexity index is 1140. The molecule has 6 nitrogen and oxygen atoms in total. The number of amides is 1. The molecule has 4 rings (SSSR count). The molecule has 2 heterocycles. The number of pyridine rings is 1. The number of carbonyl (C=O) groups excluding carboxylic acids is 1. The van der Waals surface area contributed by atoms with E-state index in [1.54, 1.807) is 29.2 Å². The number of aromatic nitrogens is 1. The van der Waals surface area contributed by atoms with Crippen LogP contribution in [0.5, 0.6) is 0 Å². The molecule has 0 bridgehead atoms. The maximum Gasteiger partial charge on any atom is 0.272 e. The summed E-state index contributed by atoms with van der Waals surface area (Å²) in [7, 11) is -3.69. The van der Waals surface area contributed by atoms with Gasteiger partial charge in [0.1, 0.15) is 10.6 Å². The average Bonchev–Trinajstić information content (AvgIpc) is 2.73. The van der Waals surface area contributed by atoms with Crippen LogP contribution in [0.2, 0.25) is 5.02 Å². The maximum atomic E-state index is 12.8. The van der Waals surface area contributed by atoms with Crippen molar-refractivity contribution in [1.29, 1.82) is 0 Å². The molecule has 1 aromatic heterocycles. The van der Waals surface area contributed by atoms with Crippen LogP contribution in [0.4, 0.5) is 0 Å². The third-order valence-corrected chi connectivity index (χ3v) is 7.20.